The van der Waals surface area contributed by atoms with E-state index in [0.717, 1.165) is 4.90 Å². The minimum atomic E-state index is -0.747. The van der Waals surface area contributed by atoms with Gasteiger partial charge in [-0.05, 0) is 30.7 Å². The summed E-state index contributed by atoms with van der Waals surface area (Å²) in [5.41, 5.74) is 0.834. The third-order valence-corrected chi connectivity index (χ3v) is 5.30. The van der Waals surface area contributed by atoms with Crippen molar-refractivity contribution in [2.24, 2.45) is 0 Å². The maximum absolute atomic E-state index is 12.7. The summed E-state index contributed by atoms with van der Waals surface area (Å²) in [5.74, 6) is -0.173. The first kappa shape index (κ1) is 16.7. The molecule has 1 aliphatic heterocycles. The lowest BCUT2D eigenvalue weighted by atomic mass is 10.1. The summed E-state index contributed by atoms with van der Waals surface area (Å²) in [6.45, 7) is 1.85. The first-order chi connectivity index (χ1) is 11.6. The average molecular weight is 341 g/mol. The van der Waals surface area contributed by atoms with Crippen molar-refractivity contribution < 1.29 is 14.7 Å². The number of amides is 2. The van der Waals surface area contributed by atoms with Crippen molar-refractivity contribution in [2.75, 3.05) is 5.75 Å². The highest BCUT2D eigenvalue weighted by molar-refractivity contribution is 7.99. The van der Waals surface area contributed by atoms with Crippen LogP contribution >= 0.6 is 11.8 Å². The number of fused-ring (bicyclic) bond motifs is 1. The highest BCUT2D eigenvalue weighted by atomic mass is 32.2. The molecular weight excluding hydrogens is 322 g/mol. The predicted molar refractivity (Wildman–Crippen MR) is 94.2 cm³/mol. The molecule has 1 heterocycles. The molecule has 1 N–H and O–H groups in total. The van der Waals surface area contributed by atoms with Crippen LogP contribution in [0.5, 0.6) is 0 Å². The summed E-state index contributed by atoms with van der Waals surface area (Å²) in [6, 6.07) is 16.0. The van der Waals surface area contributed by atoms with Crippen molar-refractivity contribution in [3.05, 3.63) is 65.7 Å². The fourth-order valence-corrected chi connectivity index (χ4v) is 3.92. The summed E-state index contributed by atoms with van der Waals surface area (Å²) in [5, 5.41) is 10.4. The van der Waals surface area contributed by atoms with Gasteiger partial charge in [0.05, 0.1) is 23.3 Å². The topological polar surface area (TPSA) is 57.6 Å². The molecule has 4 nitrogen and oxygen atoms in total. The number of hydrogen-bond acceptors (Lipinski definition) is 4. The fraction of sp³-hybridized carbons (Fsp3) is 0.263. The van der Waals surface area contributed by atoms with E-state index < -0.39 is 12.1 Å². The second kappa shape index (κ2) is 7.20. The SMILES string of the molecule is CC[C@@H](O)[C@H](CSc1ccccc1)N1C(=O)c2ccccc2C1=O. The molecule has 0 aromatic heterocycles. The lowest BCUT2D eigenvalue weighted by Crippen LogP contribution is -2.48. The standard InChI is InChI=1S/C19H19NO3S/c1-2-17(21)16(12-24-13-8-4-3-5-9-13)20-18(22)14-10-6-7-11-15(14)19(20)23/h3-11,16-17,21H,2,12H2,1H3/t16-,17+/m0/s1. The Hall–Kier alpha value is -2.11. The second-order valence-electron chi connectivity index (χ2n) is 5.69. The molecule has 1 aliphatic rings. The number of rotatable bonds is 6. The van der Waals surface area contributed by atoms with Gasteiger partial charge in [0.25, 0.3) is 11.8 Å². The van der Waals surface area contributed by atoms with Crippen LogP contribution in [0.1, 0.15) is 34.1 Å². The number of aliphatic hydroxyl groups excluding tert-OH is 1. The Morgan fingerprint density at radius 1 is 0.958 bits per heavy atom. The zero-order valence-electron chi connectivity index (χ0n) is 13.4. The van der Waals surface area contributed by atoms with Crippen LogP contribution in [0.2, 0.25) is 0 Å². The molecule has 2 atom stereocenters. The number of thioether (sulfide) groups is 1. The average Bonchev–Trinajstić information content (AvgIpc) is 2.88. The predicted octanol–water partition coefficient (Wildman–Crippen LogP) is 3.21. The normalized spacial score (nSPS) is 16.2. The van der Waals surface area contributed by atoms with E-state index in [1.165, 1.54) is 16.7 Å². The van der Waals surface area contributed by atoms with Crippen LogP contribution in [0.3, 0.4) is 0 Å². The maximum Gasteiger partial charge on any atom is 0.261 e. The maximum atomic E-state index is 12.7. The molecule has 24 heavy (non-hydrogen) atoms. The van der Waals surface area contributed by atoms with E-state index >= 15 is 0 Å². The quantitative estimate of drug-likeness (QED) is 0.647. The van der Waals surface area contributed by atoms with Crippen LogP contribution in [0.25, 0.3) is 0 Å². The van der Waals surface area contributed by atoms with E-state index in [2.05, 4.69) is 0 Å². The van der Waals surface area contributed by atoms with Gasteiger partial charge in [0.1, 0.15) is 0 Å². The Kier molecular flexibility index (Phi) is 5.02. The number of carbonyl (C=O) groups is 2. The van der Waals surface area contributed by atoms with Gasteiger partial charge in [-0.3, -0.25) is 14.5 Å². The van der Waals surface area contributed by atoms with Gasteiger partial charge in [0, 0.05) is 10.6 Å². The van der Waals surface area contributed by atoms with Crippen molar-refractivity contribution in [1.29, 1.82) is 0 Å². The number of imide groups is 1. The highest BCUT2D eigenvalue weighted by Gasteiger charge is 2.41. The Morgan fingerprint density at radius 2 is 1.50 bits per heavy atom. The van der Waals surface area contributed by atoms with Gasteiger partial charge in [-0.25, -0.2) is 0 Å². The van der Waals surface area contributed by atoms with E-state index in [1.54, 1.807) is 24.3 Å². The van der Waals surface area contributed by atoms with E-state index in [0.29, 0.717) is 23.3 Å². The van der Waals surface area contributed by atoms with Gasteiger partial charge >= 0.3 is 0 Å². The first-order valence-electron chi connectivity index (χ1n) is 7.96. The molecule has 5 heteroatoms. The van der Waals surface area contributed by atoms with Crippen LogP contribution in [0.4, 0.5) is 0 Å². The van der Waals surface area contributed by atoms with Crippen molar-refractivity contribution in [2.45, 2.75) is 30.4 Å². The molecule has 3 rings (SSSR count). The molecule has 0 saturated carbocycles. The molecule has 0 fully saturated rings. The lowest BCUT2D eigenvalue weighted by Gasteiger charge is -2.29. The molecule has 2 amide bonds. The summed E-state index contributed by atoms with van der Waals surface area (Å²) >= 11 is 1.54. The molecule has 0 radical (unpaired) electrons. The Balaban J connectivity index is 1.84. The van der Waals surface area contributed by atoms with Crippen molar-refractivity contribution >= 4 is 23.6 Å². The van der Waals surface area contributed by atoms with E-state index in [9.17, 15) is 14.7 Å². The molecule has 0 bridgehead atoms. The van der Waals surface area contributed by atoms with Crippen LogP contribution in [-0.4, -0.2) is 39.7 Å². The Labute approximate surface area is 145 Å². The van der Waals surface area contributed by atoms with E-state index in [-0.39, 0.29) is 11.8 Å². The summed E-state index contributed by atoms with van der Waals surface area (Å²) < 4.78 is 0. The van der Waals surface area contributed by atoms with Crippen molar-refractivity contribution in [3.63, 3.8) is 0 Å². The summed E-state index contributed by atoms with van der Waals surface area (Å²) in [6.07, 6.45) is -0.267. The van der Waals surface area contributed by atoms with E-state index in [1.807, 2.05) is 37.3 Å². The third-order valence-electron chi connectivity index (χ3n) is 4.18. The lowest BCUT2D eigenvalue weighted by molar-refractivity contribution is 0.0380. The Bertz CT molecular complexity index is 712. The molecule has 124 valence electrons. The molecule has 0 spiro atoms. The Morgan fingerprint density at radius 3 is 2.04 bits per heavy atom. The molecule has 0 unspecified atom stereocenters. The molecular formula is C19H19NO3S. The minimum absolute atomic E-state index is 0.318. The molecule has 2 aromatic rings. The summed E-state index contributed by atoms with van der Waals surface area (Å²) in [7, 11) is 0. The van der Waals surface area contributed by atoms with Crippen LogP contribution in [0, 0.1) is 0 Å². The monoisotopic (exact) mass is 341 g/mol. The van der Waals surface area contributed by atoms with Gasteiger partial charge < -0.3 is 5.11 Å². The van der Waals surface area contributed by atoms with E-state index in [4.69, 9.17) is 0 Å². The van der Waals surface area contributed by atoms with Crippen LogP contribution in [0.15, 0.2) is 59.5 Å². The molecule has 0 aliphatic carbocycles. The number of carbonyl (C=O) groups excluding carboxylic acids is 2. The number of nitrogens with zero attached hydrogens (tertiary/aromatic N) is 1. The third kappa shape index (κ3) is 3.09. The van der Waals surface area contributed by atoms with Crippen molar-refractivity contribution in [3.8, 4) is 0 Å². The zero-order chi connectivity index (χ0) is 17.1. The van der Waals surface area contributed by atoms with Gasteiger partial charge in [-0.2, -0.15) is 0 Å². The van der Waals surface area contributed by atoms with Gasteiger partial charge in [0.2, 0.25) is 0 Å². The first-order valence-corrected chi connectivity index (χ1v) is 8.95. The summed E-state index contributed by atoms with van der Waals surface area (Å²) in [4.78, 5) is 27.6. The van der Waals surface area contributed by atoms with Gasteiger partial charge in [-0.15, -0.1) is 11.8 Å². The van der Waals surface area contributed by atoms with Gasteiger partial charge in [0.15, 0.2) is 0 Å². The second-order valence-corrected chi connectivity index (χ2v) is 6.79. The molecule has 2 aromatic carbocycles. The largest absolute Gasteiger partial charge is 0.391 e. The highest BCUT2D eigenvalue weighted by Crippen LogP contribution is 2.29. The smallest absolute Gasteiger partial charge is 0.261 e. The van der Waals surface area contributed by atoms with Gasteiger partial charge in [-0.1, -0.05) is 37.3 Å². The zero-order valence-corrected chi connectivity index (χ0v) is 14.2. The van der Waals surface area contributed by atoms with Crippen LogP contribution < -0.4 is 0 Å². The number of benzene rings is 2. The number of aliphatic hydroxyl groups is 1. The number of hydrogen-bond donors (Lipinski definition) is 1. The minimum Gasteiger partial charge on any atom is -0.391 e. The fourth-order valence-electron chi connectivity index (χ4n) is 2.84. The molecule has 0 saturated heterocycles. The van der Waals surface area contributed by atoms with Crippen molar-refractivity contribution in [1.82, 2.24) is 4.90 Å². The van der Waals surface area contributed by atoms with Crippen LogP contribution in [-0.2, 0) is 0 Å².